The van der Waals surface area contributed by atoms with E-state index in [1.807, 2.05) is 20.8 Å². The molecular weight excluding hydrogens is 422 g/mol. The van der Waals surface area contributed by atoms with Crippen LogP contribution in [-0.2, 0) is 16.9 Å². The molecule has 31 heavy (non-hydrogen) atoms. The van der Waals surface area contributed by atoms with E-state index in [1.165, 1.54) is 34.2 Å². The van der Waals surface area contributed by atoms with Gasteiger partial charge in [-0.1, -0.05) is 0 Å². The van der Waals surface area contributed by atoms with Crippen molar-refractivity contribution in [3.05, 3.63) is 50.8 Å². The number of likely N-dealkylation sites (tertiary alicyclic amines) is 1. The second-order valence-electron chi connectivity index (χ2n) is 8.69. The molecule has 9 nitrogen and oxygen atoms in total. The Labute approximate surface area is 183 Å². The van der Waals surface area contributed by atoms with E-state index in [0.717, 1.165) is 0 Å². The number of hydrogen-bond donors (Lipinski definition) is 2. The van der Waals surface area contributed by atoms with Crippen molar-refractivity contribution in [3.8, 4) is 0 Å². The molecule has 2 aromatic heterocycles. The third-order valence-electron chi connectivity index (χ3n) is 5.27. The standard InChI is InChI=1S/C21H27N3O6S/c1-20(2,3)30-19(28)23-9-6-15(7-10-23)21(29,18-22-8-11-31-18)13-24-12-14(17(26)27)4-5-16(24)25/h4-5,8,11-12,15,29H,6-7,9-10,13H2,1-3H3,(H,26,27)/t21-/m1/s1. The van der Waals surface area contributed by atoms with Gasteiger partial charge in [0, 0.05) is 36.9 Å². The van der Waals surface area contributed by atoms with Crippen LogP contribution >= 0.6 is 11.3 Å². The summed E-state index contributed by atoms with van der Waals surface area (Å²) in [4.78, 5) is 42.0. The molecule has 10 heteroatoms. The zero-order chi connectivity index (χ0) is 22.8. The fourth-order valence-electron chi connectivity index (χ4n) is 3.72. The molecule has 2 N–H and O–H groups in total. The van der Waals surface area contributed by atoms with Crippen molar-refractivity contribution in [3.63, 3.8) is 0 Å². The van der Waals surface area contributed by atoms with E-state index in [0.29, 0.717) is 30.9 Å². The van der Waals surface area contributed by atoms with Crippen molar-refractivity contribution in [2.24, 2.45) is 5.92 Å². The summed E-state index contributed by atoms with van der Waals surface area (Å²) in [7, 11) is 0. The number of aromatic carboxylic acids is 1. The monoisotopic (exact) mass is 449 g/mol. The number of carboxylic acids is 1. The molecule has 0 radical (unpaired) electrons. The van der Waals surface area contributed by atoms with Crippen LogP contribution in [-0.4, -0.2) is 55.4 Å². The van der Waals surface area contributed by atoms with Crippen LogP contribution in [0.4, 0.5) is 4.79 Å². The normalized spacial score (nSPS) is 17.2. The largest absolute Gasteiger partial charge is 0.478 e. The van der Waals surface area contributed by atoms with E-state index in [4.69, 9.17) is 4.74 Å². The predicted molar refractivity (Wildman–Crippen MR) is 114 cm³/mol. The van der Waals surface area contributed by atoms with Crippen molar-refractivity contribution in [2.75, 3.05) is 13.1 Å². The number of rotatable bonds is 5. The number of carbonyl (C=O) groups is 2. The van der Waals surface area contributed by atoms with Gasteiger partial charge in [-0.05, 0) is 45.6 Å². The van der Waals surface area contributed by atoms with Gasteiger partial charge in [0.05, 0.1) is 12.1 Å². The average molecular weight is 450 g/mol. The Morgan fingerprint density at radius 2 is 1.94 bits per heavy atom. The Bertz CT molecular complexity index is 989. The highest BCUT2D eigenvalue weighted by Gasteiger charge is 2.43. The van der Waals surface area contributed by atoms with E-state index in [2.05, 4.69) is 4.98 Å². The van der Waals surface area contributed by atoms with Crippen LogP contribution in [0.3, 0.4) is 0 Å². The van der Waals surface area contributed by atoms with E-state index in [-0.39, 0.29) is 18.0 Å². The second kappa shape index (κ2) is 8.80. The van der Waals surface area contributed by atoms with Crippen molar-refractivity contribution < 1.29 is 24.5 Å². The number of pyridine rings is 1. The lowest BCUT2D eigenvalue weighted by molar-refractivity contribution is -0.0645. The molecule has 168 valence electrons. The molecule has 0 aromatic carbocycles. The zero-order valence-electron chi connectivity index (χ0n) is 17.8. The first-order valence-corrected chi connectivity index (χ1v) is 10.9. The topological polar surface area (TPSA) is 122 Å². The maximum atomic E-state index is 12.4. The Balaban J connectivity index is 1.83. The van der Waals surface area contributed by atoms with E-state index >= 15 is 0 Å². The van der Waals surface area contributed by atoms with Gasteiger partial charge in [0.2, 0.25) is 0 Å². The van der Waals surface area contributed by atoms with E-state index in [9.17, 15) is 24.6 Å². The molecular formula is C21H27N3O6S. The van der Waals surface area contributed by atoms with Gasteiger partial charge >= 0.3 is 12.1 Å². The molecule has 3 heterocycles. The first kappa shape index (κ1) is 23.0. The molecule has 0 aliphatic carbocycles. The summed E-state index contributed by atoms with van der Waals surface area (Å²) in [5.41, 5.74) is -2.52. The number of carboxylic acid groups (broad SMARTS) is 1. The number of hydrogen-bond acceptors (Lipinski definition) is 7. The summed E-state index contributed by atoms with van der Waals surface area (Å²) >= 11 is 1.28. The smallest absolute Gasteiger partial charge is 0.410 e. The minimum absolute atomic E-state index is 0.0409. The first-order chi connectivity index (χ1) is 14.5. The molecule has 1 saturated heterocycles. The van der Waals surface area contributed by atoms with Crippen LogP contribution in [0.15, 0.2) is 34.7 Å². The van der Waals surface area contributed by atoms with Crippen molar-refractivity contribution in [2.45, 2.75) is 51.4 Å². The summed E-state index contributed by atoms with van der Waals surface area (Å²) < 4.78 is 6.64. The van der Waals surface area contributed by atoms with Crippen molar-refractivity contribution in [1.29, 1.82) is 0 Å². The minimum Gasteiger partial charge on any atom is -0.478 e. The van der Waals surface area contributed by atoms with Crippen LogP contribution in [0.1, 0.15) is 49.0 Å². The summed E-state index contributed by atoms with van der Waals surface area (Å²) in [6.45, 7) is 6.09. The molecule has 3 rings (SSSR count). The van der Waals surface area contributed by atoms with Gasteiger partial charge in [-0.3, -0.25) is 4.79 Å². The highest BCUT2D eigenvalue weighted by Crippen LogP contribution is 2.39. The number of ether oxygens (including phenoxy) is 1. The number of aromatic nitrogens is 2. The Morgan fingerprint density at radius 1 is 1.26 bits per heavy atom. The number of piperidine rings is 1. The van der Waals surface area contributed by atoms with Crippen LogP contribution in [0.2, 0.25) is 0 Å². The molecule has 0 spiro atoms. The Morgan fingerprint density at radius 3 is 2.48 bits per heavy atom. The quantitative estimate of drug-likeness (QED) is 0.719. The van der Waals surface area contributed by atoms with E-state index in [1.54, 1.807) is 16.5 Å². The van der Waals surface area contributed by atoms with Gasteiger partial charge in [0.15, 0.2) is 0 Å². The second-order valence-corrected chi connectivity index (χ2v) is 9.59. The molecule has 0 unspecified atom stereocenters. The van der Waals surface area contributed by atoms with Gasteiger partial charge in [0.1, 0.15) is 16.2 Å². The number of amides is 1. The number of thiazole rings is 1. The lowest BCUT2D eigenvalue weighted by Gasteiger charge is -2.40. The predicted octanol–water partition coefficient (Wildman–Crippen LogP) is 2.54. The fourth-order valence-corrected chi connectivity index (χ4v) is 4.52. The van der Waals surface area contributed by atoms with Crippen molar-refractivity contribution in [1.82, 2.24) is 14.5 Å². The van der Waals surface area contributed by atoms with Gasteiger partial charge in [-0.25, -0.2) is 14.6 Å². The van der Waals surface area contributed by atoms with Crippen LogP contribution in [0.25, 0.3) is 0 Å². The molecule has 1 aliphatic heterocycles. The molecule has 1 amide bonds. The molecule has 2 aromatic rings. The Kier molecular flexibility index (Phi) is 6.51. The van der Waals surface area contributed by atoms with Gasteiger partial charge in [0.25, 0.3) is 5.56 Å². The van der Waals surface area contributed by atoms with Gasteiger partial charge in [-0.2, -0.15) is 0 Å². The average Bonchev–Trinajstić information content (AvgIpc) is 3.24. The van der Waals surface area contributed by atoms with E-state index < -0.39 is 28.8 Å². The third kappa shape index (κ3) is 5.31. The van der Waals surface area contributed by atoms with Crippen LogP contribution in [0, 0.1) is 5.92 Å². The zero-order valence-corrected chi connectivity index (χ0v) is 18.6. The summed E-state index contributed by atoms with van der Waals surface area (Å²) in [5.74, 6) is -1.44. The Hall–Kier alpha value is -2.72. The van der Waals surface area contributed by atoms with Crippen molar-refractivity contribution >= 4 is 23.4 Å². The minimum atomic E-state index is -1.48. The van der Waals surface area contributed by atoms with Gasteiger partial charge < -0.3 is 24.4 Å². The lowest BCUT2D eigenvalue weighted by Crippen LogP contribution is -2.49. The number of nitrogens with zero attached hydrogens (tertiary/aromatic N) is 3. The maximum absolute atomic E-state index is 12.4. The third-order valence-corrected chi connectivity index (χ3v) is 6.21. The SMILES string of the molecule is CC(C)(C)OC(=O)N1CCC([C@](O)(Cn2cc(C(=O)O)ccc2=O)c2nccs2)CC1. The lowest BCUT2D eigenvalue weighted by atomic mass is 9.80. The van der Waals surface area contributed by atoms with Crippen LogP contribution in [0.5, 0.6) is 0 Å². The molecule has 1 fully saturated rings. The van der Waals surface area contributed by atoms with Gasteiger partial charge in [-0.15, -0.1) is 11.3 Å². The summed E-state index contributed by atoms with van der Waals surface area (Å²) in [6, 6.07) is 2.42. The fraction of sp³-hybridized carbons (Fsp3) is 0.524. The molecule has 1 atom stereocenters. The highest BCUT2D eigenvalue weighted by atomic mass is 32.1. The number of carbonyl (C=O) groups excluding carboxylic acids is 1. The van der Waals surface area contributed by atoms with Crippen LogP contribution < -0.4 is 5.56 Å². The highest BCUT2D eigenvalue weighted by molar-refractivity contribution is 7.09. The maximum Gasteiger partial charge on any atom is 0.410 e. The summed E-state index contributed by atoms with van der Waals surface area (Å²) in [6.07, 6.45) is 3.40. The first-order valence-electron chi connectivity index (χ1n) is 10.0. The molecule has 0 saturated carbocycles. The summed E-state index contributed by atoms with van der Waals surface area (Å²) in [5, 5.41) is 23.2. The molecule has 1 aliphatic rings. The molecule has 0 bridgehead atoms. The number of aliphatic hydroxyl groups is 1.